The quantitative estimate of drug-likeness (QED) is 0.267. The Bertz CT molecular complexity index is 1560. The van der Waals surface area contributed by atoms with Gasteiger partial charge < -0.3 is 23.7 Å². The third-order valence-corrected chi connectivity index (χ3v) is 6.34. The Morgan fingerprint density at radius 3 is 2.35 bits per heavy atom. The van der Waals surface area contributed by atoms with E-state index in [1.54, 1.807) is 14.2 Å². The van der Waals surface area contributed by atoms with Crippen molar-refractivity contribution in [2.45, 2.75) is 6.61 Å². The predicted octanol–water partition coefficient (Wildman–Crippen LogP) is 5.30. The maximum atomic E-state index is 6.37. The van der Waals surface area contributed by atoms with Gasteiger partial charge in [0.15, 0.2) is 29.2 Å². The van der Waals surface area contributed by atoms with E-state index >= 15 is 0 Å². The molecule has 0 radical (unpaired) electrons. The number of fused-ring (bicyclic) bond motifs is 6. The first kappa shape index (κ1) is 20.4. The molecule has 0 fully saturated rings. The van der Waals surface area contributed by atoms with E-state index in [4.69, 9.17) is 23.7 Å². The summed E-state index contributed by atoms with van der Waals surface area (Å²) < 4.78 is 31.2. The van der Waals surface area contributed by atoms with Gasteiger partial charge in [-0.05, 0) is 35.2 Å². The Kier molecular flexibility index (Phi) is 4.80. The summed E-state index contributed by atoms with van der Waals surface area (Å²) in [6.45, 7) is 0.667. The zero-order chi connectivity index (χ0) is 23.2. The number of aryl methyl sites for hydroxylation is 1. The van der Waals surface area contributed by atoms with E-state index in [0.29, 0.717) is 23.9 Å². The van der Waals surface area contributed by atoms with Crippen molar-refractivity contribution in [1.82, 2.24) is 0 Å². The maximum Gasteiger partial charge on any atom is 0.231 e. The highest BCUT2D eigenvalue weighted by molar-refractivity contribution is 6.15. The van der Waals surface area contributed by atoms with Crippen LogP contribution in [0, 0.1) is 0 Å². The van der Waals surface area contributed by atoms with Crippen molar-refractivity contribution in [3.63, 3.8) is 0 Å². The van der Waals surface area contributed by atoms with Gasteiger partial charge in [-0.25, -0.2) is 0 Å². The molecule has 6 rings (SSSR count). The van der Waals surface area contributed by atoms with Gasteiger partial charge in [-0.15, -0.1) is 0 Å². The number of pyridine rings is 1. The summed E-state index contributed by atoms with van der Waals surface area (Å²) in [6.07, 6.45) is 2.09. The van der Waals surface area contributed by atoms with Crippen molar-refractivity contribution in [2.75, 3.05) is 21.0 Å². The van der Waals surface area contributed by atoms with Gasteiger partial charge in [0, 0.05) is 5.39 Å². The molecule has 0 saturated carbocycles. The third-order valence-electron chi connectivity index (χ3n) is 6.34. The molecule has 0 saturated heterocycles. The van der Waals surface area contributed by atoms with Crippen molar-refractivity contribution in [3.8, 4) is 28.7 Å². The van der Waals surface area contributed by atoms with Crippen LogP contribution in [0.4, 0.5) is 0 Å². The van der Waals surface area contributed by atoms with Gasteiger partial charge in [-0.1, -0.05) is 36.4 Å². The van der Waals surface area contributed by atoms with E-state index in [1.165, 1.54) is 0 Å². The van der Waals surface area contributed by atoms with E-state index in [-0.39, 0.29) is 6.79 Å². The Balaban J connectivity index is 1.62. The first-order chi connectivity index (χ1) is 16.7. The molecule has 0 unspecified atom stereocenters. The van der Waals surface area contributed by atoms with E-state index in [9.17, 15) is 0 Å². The van der Waals surface area contributed by atoms with Crippen LogP contribution < -0.4 is 28.3 Å². The average Bonchev–Trinajstić information content (AvgIpc) is 3.33. The lowest BCUT2D eigenvalue weighted by Crippen LogP contribution is -2.28. The van der Waals surface area contributed by atoms with Crippen molar-refractivity contribution in [2.24, 2.45) is 7.05 Å². The minimum absolute atomic E-state index is 0.248. The fraction of sp³-hybridized carbons (Fsp3) is 0.179. The second kappa shape index (κ2) is 7.99. The van der Waals surface area contributed by atoms with Crippen molar-refractivity contribution < 1.29 is 28.3 Å². The summed E-state index contributed by atoms with van der Waals surface area (Å²) in [5.74, 6) is 3.40. The van der Waals surface area contributed by atoms with Crippen molar-refractivity contribution in [1.29, 1.82) is 0 Å². The minimum Gasteiger partial charge on any atom is -0.493 e. The van der Waals surface area contributed by atoms with E-state index in [2.05, 4.69) is 29.0 Å². The molecular formula is C28H24NO5+. The number of hydrogen-bond acceptors (Lipinski definition) is 5. The van der Waals surface area contributed by atoms with Gasteiger partial charge in [0.25, 0.3) is 0 Å². The SMILES string of the molecule is COc1cc2c(c[n+](C)c3c4cc5c(cc4ccc23)OCO5)c(OCc2ccccc2)c1OC. The monoisotopic (exact) mass is 454 g/mol. The van der Waals surface area contributed by atoms with E-state index in [0.717, 1.165) is 49.5 Å². The molecule has 0 aliphatic carbocycles. The van der Waals surface area contributed by atoms with Gasteiger partial charge in [0.1, 0.15) is 13.7 Å². The van der Waals surface area contributed by atoms with Gasteiger partial charge >= 0.3 is 0 Å². The first-order valence-corrected chi connectivity index (χ1v) is 11.1. The molecule has 0 spiro atoms. The maximum absolute atomic E-state index is 6.37. The molecule has 4 aromatic carbocycles. The fourth-order valence-electron chi connectivity index (χ4n) is 4.75. The van der Waals surface area contributed by atoms with Gasteiger partial charge in [-0.2, -0.15) is 4.57 Å². The van der Waals surface area contributed by atoms with Crippen LogP contribution >= 0.6 is 0 Å². The minimum atomic E-state index is 0.248. The van der Waals surface area contributed by atoms with Crippen LogP contribution in [0.3, 0.4) is 0 Å². The Morgan fingerprint density at radius 2 is 1.59 bits per heavy atom. The van der Waals surface area contributed by atoms with Crippen LogP contribution in [0.5, 0.6) is 28.7 Å². The second-order valence-corrected chi connectivity index (χ2v) is 8.31. The number of nitrogens with zero attached hydrogens (tertiary/aromatic N) is 1. The zero-order valence-corrected chi connectivity index (χ0v) is 19.3. The molecule has 5 aromatic rings. The molecule has 170 valence electrons. The van der Waals surface area contributed by atoms with Crippen molar-refractivity contribution in [3.05, 3.63) is 72.4 Å². The summed E-state index contributed by atoms with van der Waals surface area (Å²) in [5, 5.41) is 5.23. The topological polar surface area (TPSA) is 50.0 Å². The highest BCUT2D eigenvalue weighted by atomic mass is 16.7. The van der Waals surface area contributed by atoms with Crippen LogP contribution in [-0.4, -0.2) is 21.0 Å². The third kappa shape index (κ3) is 3.14. The molecule has 6 nitrogen and oxygen atoms in total. The molecule has 2 heterocycles. The largest absolute Gasteiger partial charge is 0.493 e. The Labute approximate surface area is 196 Å². The lowest BCUT2D eigenvalue weighted by Gasteiger charge is -2.17. The molecule has 1 aliphatic rings. The highest BCUT2D eigenvalue weighted by Crippen LogP contribution is 2.46. The molecule has 6 heteroatoms. The number of rotatable bonds is 5. The number of benzene rings is 4. The summed E-state index contributed by atoms with van der Waals surface area (Å²) in [7, 11) is 5.32. The predicted molar refractivity (Wildman–Crippen MR) is 130 cm³/mol. The fourth-order valence-corrected chi connectivity index (χ4v) is 4.75. The van der Waals surface area contributed by atoms with Crippen LogP contribution in [-0.2, 0) is 13.7 Å². The standard InChI is InChI=1S/C28H24NO5/c1-29-14-22-21(19-10-9-18-11-23-24(34-16-33-23)12-20(18)26(19)29)13-25(30-2)28(31-3)27(22)32-15-17-7-5-4-6-8-17/h4-14H,15-16H2,1-3H3/q+1. The van der Waals surface area contributed by atoms with Crippen LogP contribution in [0.2, 0.25) is 0 Å². The smallest absolute Gasteiger partial charge is 0.231 e. The molecular weight excluding hydrogens is 430 g/mol. The summed E-state index contributed by atoms with van der Waals surface area (Å²) in [4.78, 5) is 0. The molecule has 1 aliphatic heterocycles. The second-order valence-electron chi connectivity index (χ2n) is 8.31. The summed E-state index contributed by atoms with van der Waals surface area (Å²) >= 11 is 0. The Morgan fingerprint density at radius 1 is 0.794 bits per heavy atom. The normalized spacial score (nSPS) is 12.4. The Hall–Kier alpha value is -4.19. The molecule has 0 N–H and O–H groups in total. The number of aromatic nitrogens is 1. The summed E-state index contributed by atoms with van der Waals surface area (Å²) in [6, 6.07) is 20.4. The highest BCUT2D eigenvalue weighted by Gasteiger charge is 2.24. The van der Waals surface area contributed by atoms with Gasteiger partial charge in [0.2, 0.25) is 18.1 Å². The van der Waals surface area contributed by atoms with Gasteiger partial charge in [0.05, 0.1) is 30.4 Å². The first-order valence-electron chi connectivity index (χ1n) is 11.1. The molecule has 0 amide bonds. The summed E-state index contributed by atoms with van der Waals surface area (Å²) in [5.41, 5.74) is 2.16. The van der Waals surface area contributed by atoms with E-state index in [1.807, 2.05) is 49.5 Å². The number of methoxy groups -OCH3 is 2. The molecule has 1 aromatic heterocycles. The molecule has 0 bridgehead atoms. The number of hydrogen-bond donors (Lipinski definition) is 0. The van der Waals surface area contributed by atoms with E-state index < -0.39 is 0 Å². The average molecular weight is 455 g/mol. The van der Waals surface area contributed by atoms with Crippen LogP contribution in [0.1, 0.15) is 5.56 Å². The van der Waals surface area contributed by atoms with Gasteiger partial charge in [-0.3, -0.25) is 0 Å². The lowest BCUT2D eigenvalue weighted by molar-refractivity contribution is -0.642. The molecule has 34 heavy (non-hydrogen) atoms. The zero-order valence-electron chi connectivity index (χ0n) is 19.3. The van der Waals surface area contributed by atoms with Crippen LogP contribution in [0.25, 0.3) is 32.4 Å². The molecule has 0 atom stereocenters. The van der Waals surface area contributed by atoms with Crippen molar-refractivity contribution >= 4 is 32.4 Å². The van der Waals surface area contributed by atoms with Crippen LogP contribution in [0.15, 0.2) is 66.9 Å². The lowest BCUT2D eigenvalue weighted by atomic mass is 9.99. The number of ether oxygens (including phenoxy) is 5.